The van der Waals surface area contributed by atoms with Crippen LogP contribution in [0.2, 0.25) is 0 Å². The first kappa shape index (κ1) is 14.2. The summed E-state index contributed by atoms with van der Waals surface area (Å²) in [6.07, 6.45) is 7.92. The Hall–Kier alpha value is -1.22. The smallest absolute Gasteiger partial charge is 0.196 e. The number of carbonyl (C=O) groups is 1. The molecule has 1 aliphatic rings. The maximum Gasteiger partial charge on any atom is 0.196 e. The van der Waals surface area contributed by atoms with Crippen molar-refractivity contribution in [1.29, 1.82) is 0 Å². The van der Waals surface area contributed by atoms with Crippen molar-refractivity contribution in [3.63, 3.8) is 0 Å². The van der Waals surface area contributed by atoms with Gasteiger partial charge in [0.25, 0.3) is 0 Å². The van der Waals surface area contributed by atoms with Crippen LogP contribution < -0.4 is 0 Å². The Labute approximate surface area is 115 Å². The maximum absolute atomic E-state index is 12.8. The van der Waals surface area contributed by atoms with Crippen LogP contribution in [0.4, 0.5) is 0 Å². The molecule has 1 aromatic heterocycles. The van der Waals surface area contributed by atoms with E-state index in [2.05, 4.69) is 4.98 Å². The molecule has 3 nitrogen and oxygen atoms in total. The molecular formula is C16H23NO2. The number of aromatic nitrogens is 1. The number of ketones is 1. The van der Waals surface area contributed by atoms with Gasteiger partial charge in [-0.05, 0) is 38.8 Å². The van der Waals surface area contributed by atoms with Gasteiger partial charge >= 0.3 is 0 Å². The van der Waals surface area contributed by atoms with E-state index in [1.54, 1.807) is 6.20 Å². The lowest BCUT2D eigenvalue weighted by Gasteiger charge is -2.31. The number of hydrogen-bond donors (Lipinski definition) is 0. The van der Waals surface area contributed by atoms with Crippen molar-refractivity contribution in [2.45, 2.75) is 58.0 Å². The van der Waals surface area contributed by atoms with Gasteiger partial charge in [0.1, 0.15) is 5.60 Å². The van der Waals surface area contributed by atoms with E-state index in [0.717, 1.165) is 31.4 Å². The molecule has 1 heterocycles. The zero-order valence-electron chi connectivity index (χ0n) is 11.9. The van der Waals surface area contributed by atoms with E-state index in [-0.39, 0.29) is 5.78 Å². The molecule has 0 unspecified atom stereocenters. The Morgan fingerprint density at radius 3 is 2.47 bits per heavy atom. The predicted molar refractivity (Wildman–Crippen MR) is 75.4 cm³/mol. The molecule has 0 aromatic carbocycles. The van der Waals surface area contributed by atoms with Gasteiger partial charge in [-0.25, -0.2) is 0 Å². The first-order valence-corrected chi connectivity index (χ1v) is 7.29. The van der Waals surface area contributed by atoms with E-state index in [1.807, 2.05) is 26.0 Å². The number of carbonyl (C=O) groups excluding carboxylic acids is 1. The van der Waals surface area contributed by atoms with E-state index in [9.17, 15) is 4.79 Å². The third-order valence-electron chi connectivity index (χ3n) is 3.92. The number of ether oxygens (including phenoxy) is 1. The van der Waals surface area contributed by atoms with Crippen molar-refractivity contribution in [2.24, 2.45) is 0 Å². The summed E-state index contributed by atoms with van der Waals surface area (Å²) in [6.45, 7) is 4.48. The fraction of sp³-hybridized carbons (Fsp3) is 0.625. The van der Waals surface area contributed by atoms with Gasteiger partial charge in [0, 0.05) is 24.1 Å². The summed E-state index contributed by atoms with van der Waals surface area (Å²) in [7, 11) is 0. The third kappa shape index (κ3) is 3.21. The summed E-state index contributed by atoms with van der Waals surface area (Å²) in [5.41, 5.74) is 1.01. The van der Waals surface area contributed by atoms with Crippen LogP contribution in [0.3, 0.4) is 0 Å². The minimum absolute atomic E-state index is 0.115. The molecule has 2 rings (SSSR count). The molecule has 1 aliphatic carbocycles. The molecule has 0 atom stereocenters. The number of nitrogens with zero attached hydrogens (tertiary/aromatic N) is 1. The number of rotatable bonds is 4. The lowest BCUT2D eigenvalue weighted by molar-refractivity contribution is -0.0292. The predicted octanol–water partition coefficient (Wildman–Crippen LogP) is 3.70. The Morgan fingerprint density at radius 2 is 1.95 bits per heavy atom. The topological polar surface area (TPSA) is 39.2 Å². The maximum atomic E-state index is 12.8. The first-order chi connectivity index (χ1) is 9.18. The number of pyridine rings is 1. The Kier molecular flexibility index (Phi) is 4.70. The van der Waals surface area contributed by atoms with Crippen molar-refractivity contribution in [3.05, 3.63) is 29.6 Å². The average Bonchev–Trinajstić information content (AvgIpc) is 2.66. The molecule has 0 radical (unpaired) electrons. The minimum Gasteiger partial charge on any atom is -0.367 e. The molecule has 0 saturated heterocycles. The zero-order chi connectivity index (χ0) is 13.7. The van der Waals surface area contributed by atoms with E-state index < -0.39 is 5.60 Å². The quantitative estimate of drug-likeness (QED) is 0.612. The van der Waals surface area contributed by atoms with Crippen molar-refractivity contribution < 1.29 is 9.53 Å². The van der Waals surface area contributed by atoms with Crippen LogP contribution in [-0.2, 0) is 4.74 Å². The lowest BCUT2D eigenvalue weighted by atomic mass is 9.86. The SMILES string of the molecule is CCOC1(C(=O)c2ccc(C)nc2)CCCCCC1. The van der Waals surface area contributed by atoms with Crippen LogP contribution in [0.5, 0.6) is 0 Å². The number of aryl methyl sites for hydroxylation is 1. The molecule has 104 valence electrons. The van der Waals surface area contributed by atoms with Crippen LogP contribution in [0.25, 0.3) is 0 Å². The zero-order valence-corrected chi connectivity index (χ0v) is 11.9. The van der Waals surface area contributed by atoms with Crippen LogP contribution >= 0.6 is 0 Å². The molecular weight excluding hydrogens is 238 g/mol. The van der Waals surface area contributed by atoms with E-state index in [0.29, 0.717) is 12.2 Å². The van der Waals surface area contributed by atoms with Crippen molar-refractivity contribution >= 4 is 5.78 Å². The molecule has 1 aromatic rings. The Balaban J connectivity index is 2.26. The molecule has 1 fully saturated rings. The van der Waals surface area contributed by atoms with Gasteiger partial charge in [-0.2, -0.15) is 0 Å². The van der Waals surface area contributed by atoms with E-state index in [4.69, 9.17) is 4.74 Å². The largest absolute Gasteiger partial charge is 0.367 e. The second kappa shape index (κ2) is 6.29. The van der Waals surface area contributed by atoms with Crippen LogP contribution in [0.15, 0.2) is 18.3 Å². The highest BCUT2D eigenvalue weighted by molar-refractivity contribution is 6.02. The van der Waals surface area contributed by atoms with Gasteiger partial charge in [0.05, 0.1) is 0 Å². The van der Waals surface area contributed by atoms with Crippen LogP contribution in [-0.4, -0.2) is 23.0 Å². The van der Waals surface area contributed by atoms with Gasteiger partial charge in [0.15, 0.2) is 5.78 Å². The third-order valence-corrected chi connectivity index (χ3v) is 3.92. The van der Waals surface area contributed by atoms with Crippen LogP contribution in [0, 0.1) is 6.92 Å². The molecule has 0 amide bonds. The summed E-state index contributed by atoms with van der Waals surface area (Å²) in [5, 5.41) is 0. The van der Waals surface area contributed by atoms with Gasteiger partial charge in [-0.3, -0.25) is 9.78 Å². The van der Waals surface area contributed by atoms with E-state index in [1.165, 1.54) is 12.8 Å². The van der Waals surface area contributed by atoms with Gasteiger partial charge < -0.3 is 4.74 Å². The molecule has 0 aliphatic heterocycles. The Bertz CT molecular complexity index is 417. The summed E-state index contributed by atoms with van der Waals surface area (Å²) in [4.78, 5) is 17.0. The van der Waals surface area contributed by atoms with Gasteiger partial charge in [0.2, 0.25) is 0 Å². The molecule has 0 bridgehead atoms. The first-order valence-electron chi connectivity index (χ1n) is 7.29. The van der Waals surface area contributed by atoms with Crippen LogP contribution in [0.1, 0.15) is 61.5 Å². The molecule has 0 spiro atoms. The average molecular weight is 261 g/mol. The fourth-order valence-electron chi connectivity index (χ4n) is 2.88. The number of Topliss-reactive ketones (excluding diaryl/α,β-unsaturated/α-hetero) is 1. The standard InChI is InChI=1S/C16H23NO2/c1-3-19-16(10-6-4-5-7-11-16)15(18)14-9-8-13(2)17-12-14/h8-9,12H,3-7,10-11H2,1-2H3. The summed E-state index contributed by atoms with van der Waals surface area (Å²) in [6, 6.07) is 3.76. The number of hydrogen-bond acceptors (Lipinski definition) is 3. The summed E-state index contributed by atoms with van der Waals surface area (Å²) in [5.74, 6) is 0.115. The molecule has 19 heavy (non-hydrogen) atoms. The highest BCUT2D eigenvalue weighted by atomic mass is 16.5. The second-order valence-corrected chi connectivity index (χ2v) is 5.36. The Morgan fingerprint density at radius 1 is 1.26 bits per heavy atom. The van der Waals surface area contributed by atoms with Crippen molar-refractivity contribution in [1.82, 2.24) is 4.98 Å². The normalized spacial score (nSPS) is 18.8. The lowest BCUT2D eigenvalue weighted by Crippen LogP contribution is -2.41. The summed E-state index contributed by atoms with van der Waals surface area (Å²) >= 11 is 0. The highest BCUT2D eigenvalue weighted by Crippen LogP contribution is 2.33. The van der Waals surface area contributed by atoms with Gasteiger partial charge in [-0.15, -0.1) is 0 Å². The molecule has 1 saturated carbocycles. The van der Waals surface area contributed by atoms with Gasteiger partial charge in [-0.1, -0.05) is 25.7 Å². The van der Waals surface area contributed by atoms with E-state index >= 15 is 0 Å². The summed E-state index contributed by atoms with van der Waals surface area (Å²) < 4.78 is 5.92. The molecule has 3 heteroatoms. The monoisotopic (exact) mass is 261 g/mol. The second-order valence-electron chi connectivity index (χ2n) is 5.36. The highest BCUT2D eigenvalue weighted by Gasteiger charge is 2.39. The van der Waals surface area contributed by atoms with Crippen molar-refractivity contribution in [3.8, 4) is 0 Å². The minimum atomic E-state index is -0.609. The van der Waals surface area contributed by atoms with Crippen molar-refractivity contribution in [2.75, 3.05) is 6.61 Å². The molecule has 0 N–H and O–H groups in total. The fourth-order valence-corrected chi connectivity index (χ4v) is 2.88.